The van der Waals surface area contributed by atoms with Crippen molar-refractivity contribution in [3.05, 3.63) is 65.7 Å². The Morgan fingerprint density at radius 3 is 1.79 bits per heavy atom. The van der Waals surface area contributed by atoms with Crippen molar-refractivity contribution in [1.29, 1.82) is 0 Å². The zero-order chi connectivity index (χ0) is 21.8. The van der Waals surface area contributed by atoms with Gasteiger partial charge < -0.3 is 9.04 Å². The van der Waals surface area contributed by atoms with Gasteiger partial charge in [0.1, 0.15) is 10.1 Å². The molecule has 2 aromatic carbocycles. The van der Waals surface area contributed by atoms with Gasteiger partial charge in [0.2, 0.25) is 0 Å². The van der Waals surface area contributed by atoms with E-state index in [9.17, 15) is 13.0 Å². The Kier molecular flexibility index (Phi) is 11.2. The van der Waals surface area contributed by atoms with Gasteiger partial charge >= 0.3 is 0 Å². The lowest BCUT2D eigenvalue weighted by Crippen LogP contribution is -2.35. The van der Waals surface area contributed by atoms with Crippen molar-refractivity contribution in [2.24, 2.45) is 0 Å². The summed E-state index contributed by atoms with van der Waals surface area (Å²) in [5.74, 6) is 0. The lowest BCUT2D eigenvalue weighted by atomic mass is 10.0. The molecule has 2 aromatic rings. The number of rotatable bonds is 10. The van der Waals surface area contributed by atoms with Gasteiger partial charge in [0.25, 0.3) is 0 Å². The highest BCUT2D eigenvalue weighted by atomic mass is 32.2. The number of unbranched alkanes of at least 4 members (excludes halogenated alkanes) is 5. The van der Waals surface area contributed by atoms with E-state index in [4.69, 9.17) is 0 Å². The molecule has 4 nitrogen and oxygen atoms in total. The molecule has 0 bridgehead atoms. The first-order valence-electron chi connectivity index (χ1n) is 10.4. The fraction of sp³-hybridized carbons (Fsp3) is 0.500. The number of hydrogen-bond donors (Lipinski definition) is 0. The van der Waals surface area contributed by atoms with Crippen molar-refractivity contribution in [2.75, 3.05) is 27.7 Å². The third-order valence-corrected chi connectivity index (χ3v) is 5.55. The Morgan fingerprint density at radius 1 is 0.759 bits per heavy atom. The maximum Gasteiger partial charge on any atom is 0.124 e. The number of aryl methyl sites for hydroxylation is 2. The summed E-state index contributed by atoms with van der Waals surface area (Å²) in [7, 11) is 2.56. The molecule has 0 saturated carbocycles. The van der Waals surface area contributed by atoms with Gasteiger partial charge in [0.15, 0.2) is 0 Å². The maximum atomic E-state index is 10.4. The van der Waals surface area contributed by atoms with Crippen molar-refractivity contribution < 1.29 is 17.5 Å². The van der Waals surface area contributed by atoms with Gasteiger partial charge in [-0.3, -0.25) is 0 Å². The smallest absolute Gasteiger partial charge is 0.124 e. The first-order chi connectivity index (χ1) is 13.6. The highest BCUT2D eigenvalue weighted by Gasteiger charge is 2.05. The Balaban J connectivity index is 0.000000326. The minimum atomic E-state index is -4.27. The lowest BCUT2D eigenvalue weighted by molar-refractivity contribution is -0.870. The van der Waals surface area contributed by atoms with Crippen molar-refractivity contribution in [1.82, 2.24) is 0 Å². The molecule has 0 aromatic heterocycles. The Bertz CT molecular complexity index is 779. The normalized spacial score (nSPS) is 11.6. The average Bonchev–Trinajstić information content (AvgIpc) is 2.64. The van der Waals surface area contributed by atoms with E-state index in [-0.39, 0.29) is 4.90 Å². The van der Waals surface area contributed by atoms with Crippen LogP contribution in [-0.4, -0.2) is 45.1 Å². The Labute approximate surface area is 177 Å². The molecule has 0 heterocycles. The van der Waals surface area contributed by atoms with Crippen molar-refractivity contribution >= 4 is 10.1 Å². The number of hydrogen-bond acceptors (Lipinski definition) is 3. The van der Waals surface area contributed by atoms with E-state index in [2.05, 4.69) is 51.5 Å². The molecular weight excluding hydrogens is 382 g/mol. The predicted octanol–water partition coefficient (Wildman–Crippen LogP) is 5.18. The van der Waals surface area contributed by atoms with Gasteiger partial charge in [-0.2, -0.15) is 0 Å². The highest BCUT2D eigenvalue weighted by Crippen LogP contribution is 2.10. The molecule has 2 rings (SSSR count). The summed E-state index contributed by atoms with van der Waals surface area (Å²) >= 11 is 0. The van der Waals surface area contributed by atoms with Crippen LogP contribution in [0.1, 0.15) is 49.7 Å². The van der Waals surface area contributed by atoms with Crippen LogP contribution in [0.15, 0.2) is 59.5 Å². The molecule has 0 unspecified atom stereocenters. The van der Waals surface area contributed by atoms with Crippen LogP contribution in [0.2, 0.25) is 0 Å². The molecule has 0 atom stereocenters. The average molecular weight is 420 g/mol. The molecule has 0 aliphatic carbocycles. The number of benzene rings is 2. The summed E-state index contributed by atoms with van der Waals surface area (Å²) in [4.78, 5) is -0.178. The Hall–Kier alpha value is -1.69. The first kappa shape index (κ1) is 25.3. The first-order valence-corrected chi connectivity index (χ1v) is 11.9. The van der Waals surface area contributed by atoms with Gasteiger partial charge in [-0.05, 0) is 50.3 Å². The second-order valence-electron chi connectivity index (χ2n) is 8.64. The van der Waals surface area contributed by atoms with Crippen LogP contribution in [0.3, 0.4) is 0 Å². The van der Waals surface area contributed by atoms with E-state index in [1.54, 1.807) is 12.1 Å². The van der Waals surface area contributed by atoms with Crippen molar-refractivity contribution in [3.8, 4) is 0 Å². The summed E-state index contributed by atoms with van der Waals surface area (Å²) in [6.07, 6.45) is 9.58. The van der Waals surface area contributed by atoms with Crippen LogP contribution < -0.4 is 0 Å². The summed E-state index contributed by atoms with van der Waals surface area (Å²) in [6.45, 7) is 3.13. The molecule has 0 fully saturated rings. The van der Waals surface area contributed by atoms with E-state index in [0.717, 1.165) is 10.0 Å². The fourth-order valence-corrected chi connectivity index (χ4v) is 3.44. The second kappa shape index (κ2) is 12.8. The molecular formula is C24H37NO3S. The molecule has 0 N–H and O–H groups in total. The van der Waals surface area contributed by atoms with E-state index in [1.807, 2.05) is 6.92 Å². The van der Waals surface area contributed by atoms with Gasteiger partial charge in [-0.15, -0.1) is 0 Å². The summed E-state index contributed by atoms with van der Waals surface area (Å²) in [5.41, 5.74) is 2.42. The molecule has 0 radical (unpaired) electrons. The topological polar surface area (TPSA) is 57.2 Å². The van der Waals surface area contributed by atoms with E-state index in [1.165, 1.54) is 69.2 Å². The molecule has 0 aliphatic rings. The highest BCUT2D eigenvalue weighted by molar-refractivity contribution is 7.85. The predicted molar refractivity (Wildman–Crippen MR) is 120 cm³/mol. The minimum absolute atomic E-state index is 0.178. The van der Waals surface area contributed by atoms with Gasteiger partial charge in [0.05, 0.1) is 32.6 Å². The summed E-state index contributed by atoms with van der Waals surface area (Å²) < 4.78 is 32.3. The summed E-state index contributed by atoms with van der Waals surface area (Å²) in [5, 5.41) is 0. The van der Waals surface area contributed by atoms with Crippen LogP contribution in [0.5, 0.6) is 0 Å². The molecule has 0 saturated heterocycles. The van der Waals surface area contributed by atoms with Crippen LogP contribution in [-0.2, 0) is 16.5 Å². The molecule has 5 heteroatoms. The van der Waals surface area contributed by atoms with E-state index in [0.29, 0.717) is 0 Å². The van der Waals surface area contributed by atoms with Gasteiger partial charge in [-0.1, -0.05) is 67.3 Å². The second-order valence-corrected chi connectivity index (χ2v) is 10.0. The quantitative estimate of drug-likeness (QED) is 0.303. The van der Waals surface area contributed by atoms with E-state index >= 15 is 0 Å². The minimum Gasteiger partial charge on any atom is -0.744 e. The van der Waals surface area contributed by atoms with Crippen LogP contribution in [0.4, 0.5) is 0 Å². The third kappa shape index (κ3) is 13.2. The standard InChI is InChI=1S/C17H30N.C7H8O3S/c1-18(2,3)16-12-7-5-4-6-9-13-17-14-10-8-11-15-17;1-6-2-4-7(5-3-6)11(8,9)10/h8,10-11,14-15H,4-7,9,12-13,16H2,1-3H3;2-5H,1H3,(H,8,9,10)/q+1;/p-1. The fourth-order valence-electron chi connectivity index (χ4n) is 2.97. The molecule has 162 valence electrons. The van der Waals surface area contributed by atoms with Crippen LogP contribution >= 0.6 is 0 Å². The zero-order valence-corrected chi connectivity index (χ0v) is 19.2. The zero-order valence-electron chi connectivity index (χ0n) is 18.4. The molecule has 0 aliphatic heterocycles. The molecule has 29 heavy (non-hydrogen) atoms. The van der Waals surface area contributed by atoms with Crippen LogP contribution in [0.25, 0.3) is 0 Å². The molecule has 0 spiro atoms. The lowest BCUT2D eigenvalue weighted by Gasteiger charge is -2.23. The Morgan fingerprint density at radius 2 is 1.28 bits per heavy atom. The van der Waals surface area contributed by atoms with Crippen molar-refractivity contribution in [2.45, 2.75) is 56.8 Å². The monoisotopic (exact) mass is 419 g/mol. The number of nitrogens with zero attached hydrogens (tertiary/aromatic N) is 1. The van der Waals surface area contributed by atoms with Gasteiger partial charge in [-0.25, -0.2) is 8.42 Å². The van der Waals surface area contributed by atoms with Crippen LogP contribution in [0, 0.1) is 6.92 Å². The number of quaternary nitrogens is 1. The van der Waals surface area contributed by atoms with Gasteiger partial charge in [0, 0.05) is 0 Å². The largest absolute Gasteiger partial charge is 0.744 e. The summed E-state index contributed by atoms with van der Waals surface area (Å²) in [6, 6.07) is 16.6. The maximum absolute atomic E-state index is 10.4. The molecule has 0 amide bonds. The SMILES string of the molecule is C[N+](C)(C)CCCCCCCCc1ccccc1.Cc1ccc(S(=O)(=O)[O-])cc1. The third-order valence-electron chi connectivity index (χ3n) is 4.70. The van der Waals surface area contributed by atoms with Crippen molar-refractivity contribution in [3.63, 3.8) is 0 Å². The van der Waals surface area contributed by atoms with E-state index < -0.39 is 10.1 Å².